The van der Waals surface area contributed by atoms with E-state index in [4.69, 9.17) is 11.5 Å². The average molecular weight is 198 g/mol. The van der Waals surface area contributed by atoms with Gasteiger partial charge in [-0.05, 0) is 0 Å². The minimum absolute atomic E-state index is 0.0119. The van der Waals surface area contributed by atoms with Crippen LogP contribution in [0.4, 0.5) is 4.79 Å². The van der Waals surface area contributed by atoms with Gasteiger partial charge in [-0.3, -0.25) is 14.9 Å². The van der Waals surface area contributed by atoms with Crippen molar-refractivity contribution in [1.82, 2.24) is 10.6 Å². The topological polar surface area (TPSA) is 95.5 Å². The second-order valence-electron chi connectivity index (χ2n) is 2.33. The van der Waals surface area contributed by atoms with E-state index in [9.17, 15) is 14.4 Å². The highest BCUT2D eigenvalue weighted by Gasteiger charge is 2.08. The molecule has 0 bridgehead atoms. The molecule has 0 aromatic heterocycles. The molecule has 0 saturated carbocycles. The van der Waals surface area contributed by atoms with Gasteiger partial charge in [0.05, 0.1) is 13.0 Å². The van der Waals surface area contributed by atoms with Crippen molar-refractivity contribution in [2.45, 2.75) is 12.8 Å². The quantitative estimate of drug-likeness (QED) is 0.521. The molecule has 0 unspecified atom stereocenters. The van der Waals surface area contributed by atoms with E-state index in [0.29, 0.717) is 0 Å². The van der Waals surface area contributed by atoms with Crippen molar-refractivity contribution >= 4 is 17.9 Å². The third-order valence-corrected chi connectivity index (χ3v) is 1.17. The molecule has 0 aliphatic heterocycles. The molecule has 3 N–H and O–H groups in total. The number of nitrogens with one attached hydrogen (secondary N) is 2. The van der Waals surface area contributed by atoms with Crippen LogP contribution in [0.15, 0.2) is 0 Å². The molecule has 3 amide bonds. The standard InChI is InChI=1S/C8H10N2O4/c1-2-5-9-8(14)10-6(11)3-4-7(12)13/h1H,3-5H2,(H,12,13)(H2,9,10,11,14). The second kappa shape index (κ2) is 6.48. The van der Waals surface area contributed by atoms with Crippen molar-refractivity contribution in [3.63, 3.8) is 0 Å². The molecule has 0 spiro atoms. The highest BCUT2D eigenvalue weighted by molar-refractivity contribution is 5.95. The summed E-state index contributed by atoms with van der Waals surface area (Å²) in [6.45, 7) is 0.0119. The predicted octanol–water partition coefficient (Wildman–Crippen LogP) is -0.690. The zero-order valence-corrected chi connectivity index (χ0v) is 7.37. The fraction of sp³-hybridized carbons (Fsp3) is 0.375. The molecule has 0 aromatic carbocycles. The molecule has 76 valence electrons. The number of amides is 3. The third kappa shape index (κ3) is 6.67. The number of aliphatic carboxylic acids is 1. The number of terminal acetylenes is 1. The Morgan fingerprint density at radius 3 is 2.43 bits per heavy atom. The molecule has 14 heavy (non-hydrogen) atoms. The van der Waals surface area contributed by atoms with Crippen LogP contribution in [-0.2, 0) is 9.59 Å². The molecule has 0 saturated heterocycles. The van der Waals surface area contributed by atoms with E-state index in [1.165, 1.54) is 0 Å². The molecule has 0 aliphatic carbocycles. The lowest BCUT2D eigenvalue weighted by atomic mass is 10.3. The lowest BCUT2D eigenvalue weighted by Crippen LogP contribution is -2.39. The fourth-order valence-electron chi connectivity index (χ4n) is 0.585. The van der Waals surface area contributed by atoms with Crippen LogP contribution in [0.3, 0.4) is 0 Å². The van der Waals surface area contributed by atoms with E-state index in [-0.39, 0.29) is 19.4 Å². The minimum atomic E-state index is -1.09. The molecule has 0 atom stereocenters. The lowest BCUT2D eigenvalue weighted by Gasteiger charge is -2.02. The number of imide groups is 1. The average Bonchev–Trinajstić information content (AvgIpc) is 2.11. The van der Waals surface area contributed by atoms with Gasteiger partial charge in [-0.15, -0.1) is 6.42 Å². The molecular formula is C8H10N2O4. The van der Waals surface area contributed by atoms with Gasteiger partial charge in [0.1, 0.15) is 0 Å². The monoisotopic (exact) mass is 198 g/mol. The van der Waals surface area contributed by atoms with E-state index >= 15 is 0 Å². The van der Waals surface area contributed by atoms with Crippen molar-refractivity contribution in [3.05, 3.63) is 0 Å². The van der Waals surface area contributed by atoms with Crippen molar-refractivity contribution in [1.29, 1.82) is 0 Å². The normalized spacial score (nSPS) is 8.50. The summed E-state index contributed by atoms with van der Waals surface area (Å²) in [6.07, 6.45) is 4.30. The van der Waals surface area contributed by atoms with Crippen LogP contribution in [-0.4, -0.2) is 29.6 Å². The molecule has 0 heterocycles. The number of carbonyl (C=O) groups excluding carboxylic acids is 2. The molecule has 6 nitrogen and oxygen atoms in total. The van der Waals surface area contributed by atoms with Crippen LogP contribution in [0.5, 0.6) is 0 Å². The highest BCUT2D eigenvalue weighted by Crippen LogP contribution is 1.87. The summed E-state index contributed by atoms with van der Waals surface area (Å²) in [7, 11) is 0. The Hall–Kier alpha value is -2.03. The van der Waals surface area contributed by atoms with E-state index in [1.54, 1.807) is 0 Å². The van der Waals surface area contributed by atoms with Gasteiger partial charge in [-0.25, -0.2) is 4.79 Å². The first-order chi connectivity index (χ1) is 6.56. The molecule has 0 fully saturated rings. The third-order valence-electron chi connectivity index (χ3n) is 1.17. The summed E-state index contributed by atoms with van der Waals surface area (Å²) >= 11 is 0. The predicted molar refractivity (Wildman–Crippen MR) is 47.2 cm³/mol. The Bertz CT molecular complexity index is 280. The van der Waals surface area contributed by atoms with Crippen molar-refractivity contribution in [3.8, 4) is 12.3 Å². The van der Waals surface area contributed by atoms with E-state index in [2.05, 4.69) is 11.2 Å². The van der Waals surface area contributed by atoms with Gasteiger partial charge in [0.2, 0.25) is 5.91 Å². The maximum absolute atomic E-state index is 10.8. The van der Waals surface area contributed by atoms with Crippen molar-refractivity contribution in [2.24, 2.45) is 0 Å². The summed E-state index contributed by atoms with van der Waals surface area (Å²) in [5.41, 5.74) is 0. The van der Waals surface area contributed by atoms with Gasteiger partial charge < -0.3 is 10.4 Å². The minimum Gasteiger partial charge on any atom is -0.481 e. The number of carbonyl (C=O) groups is 3. The fourth-order valence-corrected chi connectivity index (χ4v) is 0.585. The van der Waals surface area contributed by atoms with Crippen molar-refractivity contribution < 1.29 is 19.5 Å². The number of carboxylic acids is 1. The number of urea groups is 1. The van der Waals surface area contributed by atoms with Crippen LogP contribution < -0.4 is 10.6 Å². The van der Waals surface area contributed by atoms with E-state index in [1.807, 2.05) is 5.32 Å². The first kappa shape index (κ1) is 12.0. The molecular weight excluding hydrogens is 188 g/mol. The number of rotatable bonds is 4. The maximum atomic E-state index is 10.8. The van der Waals surface area contributed by atoms with Gasteiger partial charge in [0, 0.05) is 6.42 Å². The van der Waals surface area contributed by atoms with Gasteiger partial charge in [-0.1, -0.05) is 5.92 Å². The van der Waals surface area contributed by atoms with Crippen molar-refractivity contribution in [2.75, 3.05) is 6.54 Å². The van der Waals surface area contributed by atoms with Gasteiger partial charge in [0.15, 0.2) is 0 Å². The van der Waals surface area contributed by atoms with E-state index < -0.39 is 17.9 Å². The van der Waals surface area contributed by atoms with Gasteiger partial charge in [0.25, 0.3) is 0 Å². The van der Waals surface area contributed by atoms with Crippen LogP contribution in [0.25, 0.3) is 0 Å². The second-order valence-corrected chi connectivity index (χ2v) is 2.33. The Balaban J connectivity index is 3.67. The molecule has 6 heteroatoms. The van der Waals surface area contributed by atoms with Crippen LogP contribution in [0.1, 0.15) is 12.8 Å². The Morgan fingerprint density at radius 1 is 1.29 bits per heavy atom. The first-order valence-corrected chi connectivity index (χ1v) is 3.79. The zero-order chi connectivity index (χ0) is 11.0. The Labute approximate surface area is 80.7 Å². The number of hydrogen-bond donors (Lipinski definition) is 3. The maximum Gasteiger partial charge on any atom is 0.322 e. The van der Waals surface area contributed by atoms with Crippen LogP contribution in [0, 0.1) is 12.3 Å². The summed E-state index contributed by atoms with van der Waals surface area (Å²) < 4.78 is 0. The zero-order valence-electron chi connectivity index (χ0n) is 7.37. The summed E-state index contributed by atoms with van der Waals surface area (Å²) in [5, 5.41) is 12.3. The smallest absolute Gasteiger partial charge is 0.322 e. The summed E-state index contributed by atoms with van der Waals surface area (Å²) in [6, 6.07) is -0.724. The highest BCUT2D eigenvalue weighted by atomic mass is 16.4. The molecule has 0 aromatic rings. The molecule has 0 radical (unpaired) electrons. The summed E-state index contributed by atoms with van der Waals surface area (Å²) in [5.74, 6) is 0.400. The number of carboxylic acid groups (broad SMARTS) is 1. The molecule has 0 rings (SSSR count). The Morgan fingerprint density at radius 2 is 1.93 bits per heavy atom. The largest absolute Gasteiger partial charge is 0.481 e. The van der Waals surface area contributed by atoms with Crippen LogP contribution in [0.2, 0.25) is 0 Å². The summed E-state index contributed by atoms with van der Waals surface area (Å²) in [4.78, 5) is 31.7. The van der Waals surface area contributed by atoms with Gasteiger partial charge in [-0.2, -0.15) is 0 Å². The molecule has 0 aliphatic rings. The Kier molecular flexibility index (Phi) is 5.54. The number of hydrogen-bond acceptors (Lipinski definition) is 3. The van der Waals surface area contributed by atoms with Gasteiger partial charge >= 0.3 is 12.0 Å². The lowest BCUT2D eigenvalue weighted by molar-refractivity contribution is -0.138. The van der Waals surface area contributed by atoms with E-state index in [0.717, 1.165) is 0 Å². The van der Waals surface area contributed by atoms with Crippen LogP contribution >= 0.6 is 0 Å². The first-order valence-electron chi connectivity index (χ1n) is 3.79. The SMILES string of the molecule is C#CCNC(=O)NC(=O)CCC(=O)O.